The second-order valence-electron chi connectivity index (χ2n) is 4.29. The van der Waals surface area contributed by atoms with Crippen molar-refractivity contribution in [3.05, 3.63) is 58.3 Å². The first-order chi connectivity index (χ1) is 9.63. The van der Waals surface area contributed by atoms with E-state index in [0.717, 1.165) is 0 Å². The van der Waals surface area contributed by atoms with Gasteiger partial charge in [0.1, 0.15) is 17.3 Å². The number of fused-ring (bicyclic) bond motifs is 1. The molecule has 0 aliphatic rings. The highest BCUT2D eigenvalue weighted by molar-refractivity contribution is 9.10. The summed E-state index contributed by atoms with van der Waals surface area (Å²) in [5.41, 5.74) is 0.878. The van der Waals surface area contributed by atoms with Crippen LogP contribution in [0.25, 0.3) is 10.9 Å². The highest BCUT2D eigenvalue weighted by atomic mass is 79.9. The predicted molar refractivity (Wildman–Crippen MR) is 75.8 cm³/mol. The van der Waals surface area contributed by atoms with E-state index in [1.54, 1.807) is 18.2 Å². The Morgan fingerprint density at radius 1 is 1.40 bits per heavy atom. The molecule has 0 bridgehead atoms. The van der Waals surface area contributed by atoms with Crippen LogP contribution in [0.15, 0.2) is 45.5 Å². The van der Waals surface area contributed by atoms with E-state index in [1.807, 2.05) is 0 Å². The van der Waals surface area contributed by atoms with Crippen molar-refractivity contribution in [2.75, 3.05) is 0 Å². The Morgan fingerprint density at radius 3 is 3.00 bits per heavy atom. The van der Waals surface area contributed by atoms with E-state index in [0.29, 0.717) is 26.8 Å². The monoisotopic (exact) mass is 336 g/mol. The van der Waals surface area contributed by atoms with Gasteiger partial charge in [0.25, 0.3) is 5.91 Å². The third-order valence-electron chi connectivity index (χ3n) is 2.90. The number of halogens is 2. The van der Waals surface area contributed by atoms with E-state index in [-0.39, 0.29) is 18.3 Å². The fourth-order valence-electron chi connectivity index (χ4n) is 1.96. The van der Waals surface area contributed by atoms with Gasteiger partial charge in [-0.2, -0.15) is 0 Å². The lowest BCUT2D eigenvalue weighted by Gasteiger charge is -2.00. The standard InChI is InChI=1S/C14H10BrFN2O2/c15-8-4-11(16)10-6-13(18-12(10)5-8)14(19)17-7-9-2-1-3-20-9/h1-6,18H,7H2,(H,17,19). The number of aromatic nitrogens is 1. The van der Waals surface area contributed by atoms with Crippen molar-refractivity contribution in [3.8, 4) is 0 Å². The second-order valence-corrected chi connectivity index (χ2v) is 5.21. The zero-order chi connectivity index (χ0) is 14.1. The number of carbonyl (C=O) groups excluding carboxylic acids is 1. The third kappa shape index (κ3) is 2.46. The first-order valence-electron chi connectivity index (χ1n) is 5.92. The van der Waals surface area contributed by atoms with Gasteiger partial charge in [-0.1, -0.05) is 15.9 Å². The fourth-order valence-corrected chi connectivity index (χ4v) is 2.39. The maximum atomic E-state index is 13.7. The number of carbonyl (C=O) groups is 1. The molecule has 102 valence electrons. The molecule has 2 heterocycles. The number of rotatable bonds is 3. The second kappa shape index (κ2) is 5.13. The molecule has 6 heteroatoms. The van der Waals surface area contributed by atoms with Crippen LogP contribution in [0.3, 0.4) is 0 Å². The zero-order valence-electron chi connectivity index (χ0n) is 10.2. The van der Waals surface area contributed by atoms with Gasteiger partial charge in [-0.3, -0.25) is 4.79 Å². The summed E-state index contributed by atoms with van der Waals surface area (Å²) in [6.45, 7) is 0.285. The average molecular weight is 337 g/mol. The number of aromatic amines is 1. The lowest BCUT2D eigenvalue weighted by Crippen LogP contribution is -2.22. The molecule has 4 nitrogen and oxygen atoms in total. The Balaban J connectivity index is 1.83. The highest BCUT2D eigenvalue weighted by Gasteiger charge is 2.12. The van der Waals surface area contributed by atoms with Crippen LogP contribution in [0.1, 0.15) is 16.2 Å². The van der Waals surface area contributed by atoms with Gasteiger partial charge >= 0.3 is 0 Å². The summed E-state index contributed by atoms with van der Waals surface area (Å²) in [4.78, 5) is 14.9. The number of amides is 1. The van der Waals surface area contributed by atoms with Crippen molar-refractivity contribution in [1.82, 2.24) is 10.3 Å². The largest absolute Gasteiger partial charge is 0.467 e. The van der Waals surface area contributed by atoms with Gasteiger partial charge in [-0.15, -0.1) is 0 Å². The maximum absolute atomic E-state index is 13.7. The van der Waals surface area contributed by atoms with Gasteiger partial charge in [-0.25, -0.2) is 4.39 Å². The van der Waals surface area contributed by atoms with Gasteiger partial charge in [0, 0.05) is 9.86 Å². The summed E-state index contributed by atoms with van der Waals surface area (Å²) >= 11 is 3.21. The lowest BCUT2D eigenvalue weighted by molar-refractivity contribution is 0.0944. The molecule has 3 aromatic rings. The summed E-state index contributed by atoms with van der Waals surface area (Å²) in [5.74, 6) is -0.0350. The molecule has 0 aliphatic carbocycles. The van der Waals surface area contributed by atoms with E-state index in [2.05, 4.69) is 26.2 Å². The molecule has 2 N–H and O–H groups in total. The Morgan fingerprint density at radius 2 is 2.25 bits per heavy atom. The maximum Gasteiger partial charge on any atom is 0.268 e. The fraction of sp³-hybridized carbons (Fsp3) is 0.0714. The molecule has 0 spiro atoms. The molecule has 1 amide bonds. The number of furan rings is 1. The van der Waals surface area contributed by atoms with Gasteiger partial charge in [0.05, 0.1) is 18.3 Å². The van der Waals surface area contributed by atoms with Crippen molar-refractivity contribution in [3.63, 3.8) is 0 Å². The molecule has 1 aromatic carbocycles. The third-order valence-corrected chi connectivity index (χ3v) is 3.36. The van der Waals surface area contributed by atoms with Gasteiger partial charge in [-0.05, 0) is 30.3 Å². The van der Waals surface area contributed by atoms with Gasteiger partial charge in [0.15, 0.2) is 0 Å². The molecular formula is C14H10BrFN2O2. The lowest BCUT2D eigenvalue weighted by atomic mass is 10.2. The molecule has 2 aromatic heterocycles. The molecule has 0 unspecified atom stereocenters. The molecule has 0 fully saturated rings. The van der Waals surface area contributed by atoms with Crippen LogP contribution in [0, 0.1) is 5.82 Å². The van der Waals surface area contributed by atoms with Crippen LogP contribution in [0.5, 0.6) is 0 Å². The zero-order valence-corrected chi connectivity index (χ0v) is 11.8. The summed E-state index contributed by atoms with van der Waals surface area (Å²) in [7, 11) is 0. The minimum atomic E-state index is -0.379. The molecule has 0 saturated heterocycles. The number of nitrogens with one attached hydrogen (secondary N) is 2. The molecule has 0 aliphatic heterocycles. The topological polar surface area (TPSA) is 58.0 Å². The summed E-state index contributed by atoms with van der Waals surface area (Å²) in [5, 5.41) is 3.08. The van der Waals surface area contributed by atoms with Crippen LogP contribution in [-0.4, -0.2) is 10.9 Å². The van der Waals surface area contributed by atoms with Crippen LogP contribution in [0.4, 0.5) is 4.39 Å². The Hall–Kier alpha value is -2.08. The van der Waals surface area contributed by atoms with E-state index >= 15 is 0 Å². The number of hydrogen-bond donors (Lipinski definition) is 2. The van der Waals surface area contributed by atoms with Crippen LogP contribution in [-0.2, 0) is 6.54 Å². The normalized spacial score (nSPS) is 10.9. The Labute approximate surface area is 122 Å². The van der Waals surface area contributed by atoms with Crippen molar-refractivity contribution in [2.24, 2.45) is 0 Å². The molecule has 0 saturated carbocycles. The minimum absolute atomic E-state index is 0.285. The summed E-state index contributed by atoms with van der Waals surface area (Å²) in [6, 6.07) is 8.09. The van der Waals surface area contributed by atoms with E-state index in [4.69, 9.17) is 4.42 Å². The molecule has 0 radical (unpaired) electrons. The molecule has 20 heavy (non-hydrogen) atoms. The molecule has 0 atom stereocenters. The van der Waals surface area contributed by atoms with Gasteiger partial charge in [0.2, 0.25) is 0 Å². The minimum Gasteiger partial charge on any atom is -0.467 e. The van der Waals surface area contributed by atoms with E-state index < -0.39 is 0 Å². The van der Waals surface area contributed by atoms with Crippen molar-refractivity contribution in [2.45, 2.75) is 6.54 Å². The molecule has 3 rings (SSSR count). The smallest absolute Gasteiger partial charge is 0.268 e. The van der Waals surface area contributed by atoms with E-state index in [9.17, 15) is 9.18 Å². The predicted octanol–water partition coefficient (Wildman–Crippen LogP) is 3.59. The SMILES string of the molecule is O=C(NCc1ccco1)c1cc2c(F)cc(Br)cc2[nH]1. The van der Waals surface area contributed by atoms with Crippen molar-refractivity contribution in [1.29, 1.82) is 0 Å². The highest BCUT2D eigenvalue weighted by Crippen LogP contribution is 2.23. The Kier molecular flexibility index (Phi) is 3.31. The molecular weight excluding hydrogens is 327 g/mol. The first kappa shape index (κ1) is 12.9. The van der Waals surface area contributed by atoms with E-state index in [1.165, 1.54) is 18.4 Å². The van der Waals surface area contributed by atoms with Crippen LogP contribution >= 0.6 is 15.9 Å². The van der Waals surface area contributed by atoms with Gasteiger partial charge < -0.3 is 14.7 Å². The first-order valence-corrected chi connectivity index (χ1v) is 6.71. The number of benzene rings is 1. The van der Waals surface area contributed by atoms with Crippen molar-refractivity contribution < 1.29 is 13.6 Å². The van der Waals surface area contributed by atoms with Crippen LogP contribution in [0.2, 0.25) is 0 Å². The quantitative estimate of drug-likeness (QED) is 0.767. The number of H-pyrrole nitrogens is 1. The number of hydrogen-bond acceptors (Lipinski definition) is 2. The summed E-state index contributed by atoms with van der Waals surface area (Å²) < 4.78 is 19.5. The summed E-state index contributed by atoms with van der Waals surface area (Å²) in [6.07, 6.45) is 1.54. The van der Waals surface area contributed by atoms with Crippen LogP contribution < -0.4 is 5.32 Å². The van der Waals surface area contributed by atoms with Crippen molar-refractivity contribution >= 4 is 32.7 Å². The average Bonchev–Trinajstić information content (AvgIpc) is 3.04. The Bertz CT molecular complexity index is 765.